The predicted molar refractivity (Wildman–Crippen MR) is 107 cm³/mol. The maximum atomic E-state index is 4.00. The topological polar surface area (TPSA) is 20.2 Å². The molecule has 1 atom stereocenters. The van der Waals surface area contributed by atoms with Gasteiger partial charge < -0.3 is 9.88 Å². The largest absolute Gasteiger partial charge is 0.341 e. The molecule has 0 unspecified atom stereocenters. The van der Waals surface area contributed by atoms with Gasteiger partial charge in [0.05, 0.1) is 0 Å². The number of hydrogen-bond acceptors (Lipinski definition) is 2. The number of nitrogens with one attached hydrogen (secondary N) is 1. The highest BCUT2D eigenvalue weighted by Crippen LogP contribution is 2.33. The molecule has 3 nitrogen and oxygen atoms in total. The Bertz CT molecular complexity index is 887. The number of rotatable bonds is 5. The first-order valence-corrected chi connectivity index (χ1v) is 9.40. The lowest BCUT2D eigenvalue weighted by molar-refractivity contribution is 0.174. The van der Waals surface area contributed by atoms with Crippen molar-refractivity contribution in [3.8, 4) is 0 Å². The molecule has 0 aliphatic carbocycles. The van der Waals surface area contributed by atoms with Gasteiger partial charge in [-0.15, -0.1) is 6.58 Å². The summed E-state index contributed by atoms with van der Waals surface area (Å²) in [6.45, 7) is 11.6. The summed E-state index contributed by atoms with van der Waals surface area (Å²) in [5.41, 5.74) is 4.08. The van der Waals surface area contributed by atoms with Crippen molar-refractivity contribution in [2.45, 2.75) is 25.9 Å². The molecule has 1 fully saturated rings. The summed E-state index contributed by atoms with van der Waals surface area (Å²) in [5.74, 6) is 0. The number of aryl methyl sites for hydroxylation is 1. The minimum Gasteiger partial charge on any atom is -0.341 e. The fourth-order valence-electron chi connectivity index (χ4n) is 4.27. The van der Waals surface area contributed by atoms with Crippen LogP contribution in [0.4, 0.5) is 0 Å². The van der Waals surface area contributed by atoms with E-state index >= 15 is 0 Å². The van der Waals surface area contributed by atoms with Crippen molar-refractivity contribution in [3.63, 3.8) is 0 Å². The van der Waals surface area contributed by atoms with E-state index in [1.165, 1.54) is 27.4 Å². The second kappa shape index (κ2) is 7.03. The van der Waals surface area contributed by atoms with Gasteiger partial charge in [0, 0.05) is 60.6 Å². The maximum Gasteiger partial charge on any atom is 0.0491 e. The van der Waals surface area contributed by atoms with E-state index in [1.54, 1.807) is 0 Å². The molecule has 25 heavy (non-hydrogen) atoms. The molecular weight excluding hydrogens is 306 g/mol. The van der Waals surface area contributed by atoms with Crippen LogP contribution in [-0.4, -0.2) is 35.6 Å². The van der Waals surface area contributed by atoms with Gasteiger partial charge in [-0.3, -0.25) is 4.90 Å². The fourth-order valence-corrected chi connectivity index (χ4v) is 4.27. The van der Waals surface area contributed by atoms with Gasteiger partial charge in [-0.05, 0) is 37.1 Å². The molecule has 1 saturated heterocycles. The minimum absolute atomic E-state index is 0.424. The first-order valence-electron chi connectivity index (χ1n) is 9.40. The zero-order chi connectivity index (χ0) is 17.2. The standard InChI is InChI=1S/C22H27N3/c1-3-7-20(24-14-12-23-13-15-24)17-10-11-22-19(16-17)18-8-5-6-9-21(18)25(22)4-2/h3,5-6,8-11,16,20,23H,1,4,7,12-15H2,2H3/t20-/m1/s1. The number of nitrogens with zero attached hydrogens (tertiary/aromatic N) is 2. The predicted octanol–water partition coefficient (Wildman–Crippen LogP) is 4.34. The molecule has 1 N–H and O–H groups in total. The van der Waals surface area contributed by atoms with Gasteiger partial charge in [0.1, 0.15) is 0 Å². The van der Waals surface area contributed by atoms with Crippen LogP contribution in [0.15, 0.2) is 55.1 Å². The summed E-state index contributed by atoms with van der Waals surface area (Å²) >= 11 is 0. The number of piperazine rings is 1. The second-order valence-electron chi connectivity index (χ2n) is 6.86. The van der Waals surface area contributed by atoms with Crippen LogP contribution in [0.2, 0.25) is 0 Å². The van der Waals surface area contributed by atoms with Crippen molar-refractivity contribution in [3.05, 3.63) is 60.7 Å². The summed E-state index contributed by atoms with van der Waals surface area (Å²) in [4.78, 5) is 2.60. The quantitative estimate of drug-likeness (QED) is 0.701. The number of aromatic nitrogens is 1. The zero-order valence-corrected chi connectivity index (χ0v) is 15.0. The van der Waals surface area contributed by atoms with Crippen LogP contribution in [-0.2, 0) is 6.54 Å². The van der Waals surface area contributed by atoms with E-state index < -0.39 is 0 Å². The summed E-state index contributed by atoms with van der Waals surface area (Å²) in [6.07, 6.45) is 3.06. The lowest BCUT2D eigenvalue weighted by atomic mass is 9.99. The first-order chi connectivity index (χ1) is 12.3. The third-order valence-electron chi connectivity index (χ3n) is 5.48. The van der Waals surface area contributed by atoms with Gasteiger partial charge >= 0.3 is 0 Å². The van der Waals surface area contributed by atoms with Crippen molar-refractivity contribution < 1.29 is 0 Å². The molecule has 4 rings (SSSR count). The molecule has 0 saturated carbocycles. The lowest BCUT2D eigenvalue weighted by Crippen LogP contribution is -2.45. The zero-order valence-electron chi connectivity index (χ0n) is 15.0. The second-order valence-corrected chi connectivity index (χ2v) is 6.86. The maximum absolute atomic E-state index is 4.00. The van der Waals surface area contributed by atoms with Crippen molar-refractivity contribution in [1.82, 2.24) is 14.8 Å². The Morgan fingerprint density at radius 2 is 1.84 bits per heavy atom. The van der Waals surface area contributed by atoms with Crippen molar-refractivity contribution in [2.75, 3.05) is 26.2 Å². The molecule has 130 valence electrons. The van der Waals surface area contributed by atoms with Crippen LogP contribution >= 0.6 is 0 Å². The molecule has 0 radical (unpaired) electrons. The van der Waals surface area contributed by atoms with Gasteiger partial charge in [0.25, 0.3) is 0 Å². The van der Waals surface area contributed by atoms with E-state index in [0.717, 1.165) is 39.1 Å². The Labute approximate surface area is 149 Å². The van der Waals surface area contributed by atoms with Gasteiger partial charge in [-0.1, -0.05) is 30.3 Å². The molecule has 1 aliphatic heterocycles. The molecular formula is C22H27N3. The Morgan fingerprint density at radius 1 is 1.08 bits per heavy atom. The van der Waals surface area contributed by atoms with Crippen molar-refractivity contribution in [1.29, 1.82) is 0 Å². The van der Waals surface area contributed by atoms with Gasteiger partial charge in [-0.2, -0.15) is 0 Å². The van der Waals surface area contributed by atoms with Crippen molar-refractivity contribution in [2.24, 2.45) is 0 Å². The summed E-state index contributed by atoms with van der Waals surface area (Å²) in [5, 5.41) is 6.19. The van der Waals surface area contributed by atoms with Crippen LogP contribution < -0.4 is 5.32 Å². The van der Waals surface area contributed by atoms with E-state index in [0.29, 0.717) is 6.04 Å². The third kappa shape index (κ3) is 2.88. The number of fused-ring (bicyclic) bond motifs is 3. The van der Waals surface area contributed by atoms with E-state index in [-0.39, 0.29) is 0 Å². The molecule has 0 amide bonds. The highest BCUT2D eigenvalue weighted by atomic mass is 15.2. The molecule has 2 aromatic carbocycles. The van der Waals surface area contributed by atoms with Gasteiger partial charge in [-0.25, -0.2) is 0 Å². The highest BCUT2D eigenvalue weighted by molar-refractivity contribution is 6.08. The minimum atomic E-state index is 0.424. The molecule has 2 heterocycles. The summed E-state index contributed by atoms with van der Waals surface area (Å²) in [6, 6.07) is 16.2. The van der Waals surface area contributed by atoms with Gasteiger partial charge in [0.15, 0.2) is 0 Å². The summed E-state index contributed by atoms with van der Waals surface area (Å²) < 4.78 is 2.42. The van der Waals surface area contributed by atoms with Gasteiger partial charge in [0.2, 0.25) is 0 Å². The lowest BCUT2D eigenvalue weighted by Gasteiger charge is -2.35. The molecule has 3 aromatic rings. The molecule has 1 aliphatic rings. The third-order valence-corrected chi connectivity index (χ3v) is 5.48. The Morgan fingerprint density at radius 3 is 2.60 bits per heavy atom. The van der Waals surface area contributed by atoms with Crippen LogP contribution in [0.5, 0.6) is 0 Å². The average Bonchev–Trinajstić information content (AvgIpc) is 3.00. The van der Waals surface area contributed by atoms with Crippen LogP contribution in [0.25, 0.3) is 21.8 Å². The number of benzene rings is 2. The smallest absolute Gasteiger partial charge is 0.0491 e. The molecule has 0 bridgehead atoms. The first kappa shape index (κ1) is 16.4. The Balaban J connectivity index is 1.84. The van der Waals surface area contributed by atoms with E-state index in [1.807, 2.05) is 0 Å². The Kier molecular flexibility index (Phi) is 4.60. The van der Waals surface area contributed by atoms with Crippen LogP contribution in [0, 0.1) is 0 Å². The monoisotopic (exact) mass is 333 g/mol. The Hall–Kier alpha value is -2.10. The van der Waals surface area contributed by atoms with E-state index in [4.69, 9.17) is 0 Å². The average molecular weight is 333 g/mol. The normalized spacial score (nSPS) is 17.2. The SMILES string of the molecule is C=CC[C@H](c1ccc2c(c1)c1ccccc1n2CC)N1CCNCC1. The number of para-hydroxylation sites is 1. The number of hydrogen-bond donors (Lipinski definition) is 1. The molecule has 3 heteroatoms. The van der Waals surface area contributed by atoms with E-state index in [2.05, 4.69) is 76.8 Å². The van der Waals surface area contributed by atoms with Crippen LogP contribution in [0.1, 0.15) is 24.9 Å². The van der Waals surface area contributed by atoms with Crippen LogP contribution in [0.3, 0.4) is 0 Å². The summed E-state index contributed by atoms with van der Waals surface area (Å²) in [7, 11) is 0. The van der Waals surface area contributed by atoms with Crippen molar-refractivity contribution >= 4 is 21.8 Å². The molecule has 1 aromatic heterocycles. The fraction of sp³-hybridized carbons (Fsp3) is 0.364. The highest BCUT2D eigenvalue weighted by Gasteiger charge is 2.22. The van der Waals surface area contributed by atoms with E-state index in [9.17, 15) is 0 Å². The molecule has 0 spiro atoms.